The first-order valence-electron chi connectivity index (χ1n) is 5.58. The van der Waals surface area contributed by atoms with Crippen molar-refractivity contribution in [2.75, 3.05) is 5.75 Å². The number of amides is 1. The average Bonchev–Trinajstić information content (AvgIpc) is 2.86. The molecule has 0 radical (unpaired) electrons. The van der Waals surface area contributed by atoms with Crippen molar-refractivity contribution in [3.63, 3.8) is 0 Å². The number of nitrogens with one attached hydrogen (secondary N) is 1. The number of nitrogens with zero attached hydrogens (tertiary/aromatic N) is 2. The SMILES string of the molecule is O=CNC(CSCc1cc(=O)n2ccsc2n1)C(=O)O. The van der Waals surface area contributed by atoms with Crippen LogP contribution in [0.25, 0.3) is 4.96 Å². The van der Waals surface area contributed by atoms with Crippen molar-refractivity contribution in [3.05, 3.63) is 33.7 Å². The number of rotatable bonds is 7. The van der Waals surface area contributed by atoms with E-state index in [9.17, 15) is 14.4 Å². The molecule has 1 unspecified atom stereocenters. The number of aliphatic carboxylic acids is 1. The number of carbonyl (C=O) groups excluding carboxylic acids is 1. The number of thioether (sulfide) groups is 1. The third-order valence-corrected chi connectivity index (χ3v) is 4.28. The molecule has 7 nitrogen and oxygen atoms in total. The van der Waals surface area contributed by atoms with Crippen molar-refractivity contribution >= 4 is 40.4 Å². The van der Waals surface area contributed by atoms with Gasteiger partial charge in [-0.1, -0.05) is 0 Å². The Bertz CT molecular complexity index is 682. The molecule has 1 atom stereocenters. The molecule has 0 saturated carbocycles. The van der Waals surface area contributed by atoms with Gasteiger partial charge in [0.15, 0.2) is 4.96 Å². The number of hydrogen-bond acceptors (Lipinski definition) is 6. The minimum atomic E-state index is -1.09. The van der Waals surface area contributed by atoms with Gasteiger partial charge in [0.25, 0.3) is 5.56 Å². The molecule has 2 N–H and O–H groups in total. The Hall–Kier alpha value is -1.87. The predicted octanol–water partition coefficient (Wildman–Crippen LogP) is 0.188. The Morgan fingerprint density at radius 2 is 2.45 bits per heavy atom. The summed E-state index contributed by atoms with van der Waals surface area (Å²) in [6.45, 7) is 0. The number of thiazole rings is 1. The maximum Gasteiger partial charge on any atom is 0.327 e. The van der Waals surface area contributed by atoms with Gasteiger partial charge in [-0.3, -0.25) is 14.0 Å². The second-order valence-electron chi connectivity index (χ2n) is 3.83. The molecule has 0 spiro atoms. The number of carbonyl (C=O) groups is 2. The smallest absolute Gasteiger partial charge is 0.327 e. The summed E-state index contributed by atoms with van der Waals surface area (Å²) in [7, 11) is 0. The van der Waals surface area contributed by atoms with Gasteiger partial charge in [0.1, 0.15) is 6.04 Å². The van der Waals surface area contributed by atoms with E-state index in [0.29, 0.717) is 22.8 Å². The van der Waals surface area contributed by atoms with Crippen LogP contribution in [0.4, 0.5) is 0 Å². The Kier molecular flexibility index (Phi) is 4.74. The summed E-state index contributed by atoms with van der Waals surface area (Å²) in [6, 6.07) is 0.486. The van der Waals surface area contributed by atoms with Crippen LogP contribution < -0.4 is 10.9 Å². The number of aromatic nitrogens is 2. The largest absolute Gasteiger partial charge is 0.480 e. The second kappa shape index (κ2) is 6.53. The van der Waals surface area contributed by atoms with Crippen LogP contribution in [0.1, 0.15) is 5.69 Å². The van der Waals surface area contributed by atoms with Crippen LogP contribution in [-0.4, -0.2) is 38.7 Å². The molecule has 0 aliphatic heterocycles. The molecule has 1 amide bonds. The van der Waals surface area contributed by atoms with Crippen molar-refractivity contribution in [2.24, 2.45) is 0 Å². The summed E-state index contributed by atoms with van der Waals surface area (Å²) in [5.41, 5.74) is 0.436. The van der Waals surface area contributed by atoms with Crippen molar-refractivity contribution < 1.29 is 14.7 Å². The van der Waals surface area contributed by atoms with Crippen LogP contribution in [0, 0.1) is 0 Å². The standard InChI is InChI=1S/C11H11N3O4S2/c15-6-12-8(10(17)18)5-19-4-7-3-9(16)14-1-2-20-11(14)13-7/h1-3,6,8H,4-5H2,(H,12,15)(H,17,18). The molecular weight excluding hydrogens is 302 g/mol. The zero-order valence-electron chi connectivity index (χ0n) is 10.2. The average molecular weight is 313 g/mol. The summed E-state index contributed by atoms with van der Waals surface area (Å²) < 4.78 is 1.45. The molecule has 0 aliphatic rings. The molecule has 0 fully saturated rings. The van der Waals surface area contributed by atoms with Crippen LogP contribution in [0.5, 0.6) is 0 Å². The molecule has 9 heteroatoms. The maximum absolute atomic E-state index is 11.7. The van der Waals surface area contributed by atoms with E-state index in [2.05, 4.69) is 10.3 Å². The van der Waals surface area contributed by atoms with E-state index in [0.717, 1.165) is 0 Å². The van der Waals surface area contributed by atoms with E-state index in [-0.39, 0.29) is 11.3 Å². The maximum atomic E-state index is 11.7. The summed E-state index contributed by atoms with van der Waals surface area (Å²) in [5, 5.41) is 12.9. The summed E-state index contributed by atoms with van der Waals surface area (Å²) in [4.78, 5) is 37.7. The predicted molar refractivity (Wildman–Crippen MR) is 76.1 cm³/mol. The molecule has 0 aliphatic carbocycles. The summed E-state index contributed by atoms with van der Waals surface area (Å²) in [5.74, 6) is -0.473. The van der Waals surface area contributed by atoms with E-state index < -0.39 is 12.0 Å². The lowest BCUT2D eigenvalue weighted by Gasteiger charge is -2.10. The van der Waals surface area contributed by atoms with Crippen LogP contribution in [0.3, 0.4) is 0 Å². The lowest BCUT2D eigenvalue weighted by molar-refractivity contribution is -0.139. The van der Waals surface area contributed by atoms with Gasteiger partial charge in [0.05, 0.1) is 5.69 Å². The Morgan fingerprint density at radius 1 is 1.65 bits per heavy atom. The van der Waals surface area contributed by atoms with Crippen LogP contribution in [-0.2, 0) is 15.3 Å². The molecule has 2 aromatic heterocycles. The van der Waals surface area contributed by atoms with E-state index in [4.69, 9.17) is 5.11 Å². The molecule has 20 heavy (non-hydrogen) atoms. The summed E-state index contributed by atoms with van der Waals surface area (Å²) >= 11 is 2.65. The number of carboxylic acid groups (broad SMARTS) is 1. The fourth-order valence-corrected chi connectivity index (χ4v) is 3.20. The Balaban J connectivity index is 2.00. The minimum Gasteiger partial charge on any atom is -0.480 e. The highest BCUT2D eigenvalue weighted by Gasteiger charge is 2.16. The van der Waals surface area contributed by atoms with E-state index >= 15 is 0 Å². The van der Waals surface area contributed by atoms with Gasteiger partial charge < -0.3 is 10.4 Å². The fraction of sp³-hybridized carbons (Fsp3) is 0.273. The fourth-order valence-electron chi connectivity index (χ4n) is 1.52. The first-order valence-corrected chi connectivity index (χ1v) is 7.61. The van der Waals surface area contributed by atoms with Crippen molar-refractivity contribution in [3.8, 4) is 0 Å². The zero-order valence-corrected chi connectivity index (χ0v) is 11.8. The van der Waals surface area contributed by atoms with Gasteiger partial charge in [-0.05, 0) is 0 Å². The van der Waals surface area contributed by atoms with Crippen LogP contribution >= 0.6 is 23.1 Å². The van der Waals surface area contributed by atoms with E-state index in [1.54, 1.807) is 11.6 Å². The van der Waals surface area contributed by atoms with Gasteiger partial charge in [-0.25, -0.2) is 9.78 Å². The molecular formula is C11H11N3O4S2. The summed E-state index contributed by atoms with van der Waals surface area (Å²) in [6.07, 6.45) is 2.02. The topological polar surface area (TPSA) is 101 Å². The lowest BCUT2D eigenvalue weighted by atomic mass is 10.3. The van der Waals surface area contributed by atoms with Gasteiger partial charge in [-0.15, -0.1) is 11.3 Å². The number of carboxylic acids is 1. The van der Waals surface area contributed by atoms with Crippen LogP contribution in [0.15, 0.2) is 22.4 Å². The second-order valence-corrected chi connectivity index (χ2v) is 5.74. The molecule has 2 aromatic rings. The molecule has 2 heterocycles. The van der Waals surface area contributed by atoms with Crippen molar-refractivity contribution in [1.82, 2.24) is 14.7 Å². The molecule has 0 saturated heterocycles. The van der Waals surface area contributed by atoms with E-state index in [1.165, 1.54) is 33.6 Å². The first-order chi connectivity index (χ1) is 9.61. The zero-order chi connectivity index (χ0) is 14.5. The van der Waals surface area contributed by atoms with Crippen LogP contribution in [0.2, 0.25) is 0 Å². The van der Waals surface area contributed by atoms with Gasteiger partial charge in [-0.2, -0.15) is 11.8 Å². The normalized spacial score (nSPS) is 12.2. The monoisotopic (exact) mass is 313 g/mol. The highest BCUT2D eigenvalue weighted by atomic mass is 32.2. The van der Waals surface area contributed by atoms with Gasteiger partial charge in [0, 0.05) is 29.1 Å². The Morgan fingerprint density at radius 3 is 3.15 bits per heavy atom. The van der Waals surface area contributed by atoms with Crippen molar-refractivity contribution in [2.45, 2.75) is 11.8 Å². The van der Waals surface area contributed by atoms with Gasteiger partial charge in [0.2, 0.25) is 6.41 Å². The van der Waals surface area contributed by atoms with Crippen molar-refractivity contribution in [1.29, 1.82) is 0 Å². The molecule has 0 aromatic carbocycles. The first kappa shape index (κ1) is 14.5. The molecule has 2 rings (SSSR count). The molecule has 106 valence electrons. The number of hydrogen-bond donors (Lipinski definition) is 2. The Labute approximate surface area is 121 Å². The van der Waals surface area contributed by atoms with E-state index in [1.807, 2.05) is 0 Å². The van der Waals surface area contributed by atoms with Gasteiger partial charge >= 0.3 is 5.97 Å². The highest BCUT2D eigenvalue weighted by Crippen LogP contribution is 2.13. The number of fused-ring (bicyclic) bond motifs is 1. The minimum absolute atomic E-state index is 0.160. The lowest BCUT2D eigenvalue weighted by Crippen LogP contribution is -2.37. The third-order valence-electron chi connectivity index (χ3n) is 2.46. The quantitative estimate of drug-likeness (QED) is 0.708. The molecule has 0 bridgehead atoms. The third kappa shape index (κ3) is 3.36. The highest BCUT2D eigenvalue weighted by molar-refractivity contribution is 7.98.